The molecule has 0 bridgehead atoms. The van der Waals surface area contributed by atoms with E-state index in [2.05, 4.69) is 10.0 Å². The Morgan fingerprint density at radius 3 is 2.11 bits per heavy atom. The molecule has 0 saturated heterocycles. The monoisotopic (exact) mass is 546 g/mol. The number of rotatable bonds is 6. The zero-order valence-corrected chi connectivity index (χ0v) is 22.4. The maximum atomic E-state index is 13.3. The predicted molar refractivity (Wildman–Crippen MR) is 150 cm³/mol. The number of nitrogens with zero attached hydrogens (tertiary/aromatic N) is 2. The van der Waals surface area contributed by atoms with Crippen LogP contribution in [0.4, 0.5) is 22.7 Å². The van der Waals surface area contributed by atoms with Crippen LogP contribution in [0.15, 0.2) is 66.7 Å². The largest absolute Gasteiger partial charge is 0.412 e. The lowest BCUT2D eigenvalue weighted by molar-refractivity contribution is -0.118. The van der Waals surface area contributed by atoms with E-state index in [1.54, 1.807) is 17.0 Å². The lowest BCUT2D eigenvalue weighted by atomic mass is 10.0. The Morgan fingerprint density at radius 1 is 0.892 bits per heavy atom. The van der Waals surface area contributed by atoms with Gasteiger partial charge in [-0.05, 0) is 80.5 Å². The number of aryl methyl sites for hydroxylation is 2. The maximum Gasteiger partial charge on any atom is 0.255 e. The molecular formula is C26H31ClN4O5S. The van der Waals surface area contributed by atoms with Crippen LogP contribution < -0.4 is 14.9 Å². The highest BCUT2D eigenvalue weighted by Gasteiger charge is 2.26. The molecule has 4 N–H and O–H groups in total. The van der Waals surface area contributed by atoms with Crippen molar-refractivity contribution in [3.63, 3.8) is 0 Å². The number of amides is 2. The Bertz CT molecular complexity index is 1380. The highest BCUT2D eigenvalue weighted by atomic mass is 35.5. The number of carbonyl (C=O) groups is 2. The summed E-state index contributed by atoms with van der Waals surface area (Å²) in [5.41, 5.74) is 5.07. The van der Waals surface area contributed by atoms with Crippen molar-refractivity contribution in [2.45, 2.75) is 12.8 Å². The zero-order valence-electron chi connectivity index (χ0n) is 20.8. The number of anilines is 4. The molecule has 198 valence electrons. The van der Waals surface area contributed by atoms with Crippen LogP contribution in [0.3, 0.4) is 0 Å². The van der Waals surface area contributed by atoms with Gasteiger partial charge < -0.3 is 15.7 Å². The molecule has 0 fully saturated rings. The molecule has 1 aliphatic heterocycles. The average molecular weight is 547 g/mol. The number of fused-ring (bicyclic) bond motifs is 2. The second-order valence-electron chi connectivity index (χ2n) is 8.84. The van der Waals surface area contributed by atoms with E-state index in [-0.39, 0.29) is 36.2 Å². The molecule has 0 unspecified atom stereocenters. The Balaban J connectivity index is 0.00000241. The van der Waals surface area contributed by atoms with Crippen LogP contribution in [-0.2, 0) is 27.7 Å². The molecule has 0 spiro atoms. The first-order valence-electron chi connectivity index (χ1n) is 11.2. The van der Waals surface area contributed by atoms with Crippen molar-refractivity contribution in [3.8, 4) is 0 Å². The third-order valence-corrected chi connectivity index (χ3v) is 6.24. The number of nitrogens with one attached hydrogen (secondary N) is 2. The van der Waals surface area contributed by atoms with E-state index >= 15 is 0 Å². The summed E-state index contributed by atoms with van der Waals surface area (Å²) in [6, 6.07) is 19.7. The van der Waals surface area contributed by atoms with Crippen LogP contribution in [-0.4, -0.2) is 57.5 Å². The fourth-order valence-electron chi connectivity index (χ4n) is 4.12. The molecule has 0 atom stereocenters. The lowest BCUT2D eigenvalue weighted by Crippen LogP contribution is -2.35. The Labute approximate surface area is 223 Å². The van der Waals surface area contributed by atoms with E-state index in [0.717, 1.165) is 41.6 Å². The summed E-state index contributed by atoms with van der Waals surface area (Å²) in [5.74, 6) is -0.390. The summed E-state index contributed by atoms with van der Waals surface area (Å²) in [7, 11) is 0.316. The second-order valence-corrected chi connectivity index (χ2v) is 10.6. The summed E-state index contributed by atoms with van der Waals surface area (Å²) in [6.07, 6.45) is 2.66. The van der Waals surface area contributed by atoms with Gasteiger partial charge in [0, 0.05) is 16.9 Å². The Morgan fingerprint density at radius 2 is 1.49 bits per heavy atom. The van der Waals surface area contributed by atoms with Gasteiger partial charge in [-0.1, -0.05) is 24.3 Å². The third kappa shape index (κ3) is 7.30. The van der Waals surface area contributed by atoms with Crippen molar-refractivity contribution < 1.29 is 23.5 Å². The van der Waals surface area contributed by atoms with Gasteiger partial charge in [-0.15, -0.1) is 12.4 Å². The quantitative estimate of drug-likeness (QED) is 0.490. The van der Waals surface area contributed by atoms with Gasteiger partial charge in [0.05, 0.1) is 24.2 Å². The van der Waals surface area contributed by atoms with E-state index in [0.29, 0.717) is 16.9 Å². The summed E-state index contributed by atoms with van der Waals surface area (Å²) >= 11 is 0. The molecule has 0 aliphatic carbocycles. The standard InChI is InChI=1S/C26H28N4O4S.ClH.H2O/c1-29(2)17-25(31)30-23-7-5-4-6-18(23)8-9-19-10-15-22(16-24(19)30)27-26(32)20-11-13-21(14-12-20)28-35(3,33)34;;/h4-7,10-16,28H,8-9,17H2,1-3H3,(H,27,32);1H;1H2. The SMILES string of the molecule is CN(C)CC(=O)N1c2ccccc2CCc2ccc(NC(=O)c3ccc(NS(C)(=O)=O)cc3)cc21.Cl.O. The van der Waals surface area contributed by atoms with Crippen LogP contribution in [0, 0.1) is 0 Å². The van der Waals surface area contributed by atoms with Crippen molar-refractivity contribution in [2.24, 2.45) is 0 Å². The summed E-state index contributed by atoms with van der Waals surface area (Å²) in [5, 5.41) is 2.89. The first-order chi connectivity index (χ1) is 16.6. The van der Waals surface area contributed by atoms with E-state index in [1.165, 1.54) is 12.1 Å². The van der Waals surface area contributed by atoms with Crippen LogP contribution in [0.5, 0.6) is 0 Å². The molecule has 11 heteroatoms. The fraction of sp³-hybridized carbons (Fsp3) is 0.231. The van der Waals surface area contributed by atoms with E-state index < -0.39 is 10.0 Å². The molecule has 9 nitrogen and oxygen atoms in total. The minimum Gasteiger partial charge on any atom is -0.412 e. The van der Waals surface area contributed by atoms with Crippen molar-refractivity contribution in [2.75, 3.05) is 41.8 Å². The number of para-hydroxylation sites is 1. The second kappa shape index (κ2) is 12.2. The fourth-order valence-corrected chi connectivity index (χ4v) is 4.68. The molecule has 1 aliphatic rings. The van der Waals surface area contributed by atoms with Gasteiger partial charge in [-0.3, -0.25) is 19.2 Å². The van der Waals surface area contributed by atoms with Gasteiger partial charge in [0.2, 0.25) is 15.9 Å². The molecule has 0 saturated carbocycles. The van der Waals surface area contributed by atoms with Gasteiger partial charge >= 0.3 is 0 Å². The highest BCUT2D eigenvalue weighted by Crippen LogP contribution is 2.37. The van der Waals surface area contributed by atoms with Crippen LogP contribution in [0.2, 0.25) is 0 Å². The number of carbonyl (C=O) groups excluding carboxylic acids is 2. The number of hydrogen-bond acceptors (Lipinski definition) is 5. The molecule has 2 amide bonds. The van der Waals surface area contributed by atoms with Gasteiger partial charge in [-0.25, -0.2) is 8.42 Å². The molecule has 0 radical (unpaired) electrons. The molecule has 3 aromatic carbocycles. The molecular weight excluding hydrogens is 516 g/mol. The Hall–Kier alpha value is -3.44. The number of benzene rings is 3. The van der Waals surface area contributed by atoms with Gasteiger partial charge in [0.25, 0.3) is 5.91 Å². The predicted octanol–water partition coefficient (Wildman–Crippen LogP) is 3.23. The molecule has 4 rings (SSSR count). The summed E-state index contributed by atoms with van der Waals surface area (Å²) in [4.78, 5) is 29.8. The van der Waals surface area contributed by atoms with Crippen molar-refractivity contribution in [1.29, 1.82) is 0 Å². The highest BCUT2D eigenvalue weighted by molar-refractivity contribution is 7.92. The maximum absolute atomic E-state index is 13.3. The van der Waals surface area contributed by atoms with Crippen LogP contribution >= 0.6 is 12.4 Å². The lowest BCUT2D eigenvalue weighted by Gasteiger charge is -2.27. The van der Waals surface area contributed by atoms with E-state index in [4.69, 9.17) is 0 Å². The Kier molecular flexibility index (Phi) is 9.82. The first-order valence-corrected chi connectivity index (χ1v) is 13.1. The zero-order chi connectivity index (χ0) is 25.2. The third-order valence-electron chi connectivity index (χ3n) is 5.63. The van der Waals surface area contributed by atoms with Crippen molar-refractivity contribution >= 4 is 57.0 Å². The minimum atomic E-state index is -3.40. The van der Waals surface area contributed by atoms with E-state index in [9.17, 15) is 18.0 Å². The number of likely N-dealkylation sites (N-methyl/N-ethyl adjacent to an activating group) is 1. The normalized spacial score (nSPS) is 12.3. The molecule has 0 aromatic heterocycles. The van der Waals surface area contributed by atoms with Crippen molar-refractivity contribution in [3.05, 3.63) is 83.4 Å². The smallest absolute Gasteiger partial charge is 0.255 e. The topological polar surface area (TPSA) is 130 Å². The van der Waals surface area contributed by atoms with Gasteiger partial charge in [-0.2, -0.15) is 0 Å². The number of hydrogen-bond donors (Lipinski definition) is 2. The summed E-state index contributed by atoms with van der Waals surface area (Å²) < 4.78 is 25.2. The van der Waals surface area contributed by atoms with Crippen LogP contribution in [0.25, 0.3) is 0 Å². The molecule has 37 heavy (non-hydrogen) atoms. The summed E-state index contributed by atoms with van der Waals surface area (Å²) in [6.45, 7) is 0.248. The number of sulfonamides is 1. The minimum absolute atomic E-state index is 0. The molecule has 3 aromatic rings. The first kappa shape index (κ1) is 29.8. The van der Waals surface area contributed by atoms with Gasteiger partial charge in [0.1, 0.15) is 0 Å². The molecule has 1 heterocycles. The average Bonchev–Trinajstić information content (AvgIpc) is 2.94. The van der Waals surface area contributed by atoms with E-state index in [1.807, 2.05) is 61.5 Å². The van der Waals surface area contributed by atoms with Crippen LogP contribution in [0.1, 0.15) is 21.5 Å². The van der Waals surface area contributed by atoms with Gasteiger partial charge in [0.15, 0.2) is 0 Å². The van der Waals surface area contributed by atoms with Crippen molar-refractivity contribution in [1.82, 2.24) is 4.90 Å². The number of halogens is 1.